The van der Waals surface area contributed by atoms with E-state index < -0.39 is 42.1 Å². The van der Waals surface area contributed by atoms with Gasteiger partial charge in [0.15, 0.2) is 0 Å². The van der Waals surface area contributed by atoms with Gasteiger partial charge in [-0.3, -0.25) is 14.4 Å². The molecule has 0 aliphatic rings. The van der Waals surface area contributed by atoms with E-state index in [0.717, 1.165) is 28.3 Å². The zero-order valence-corrected chi connectivity index (χ0v) is 30.5. The summed E-state index contributed by atoms with van der Waals surface area (Å²) in [7, 11) is 0. The topological polar surface area (TPSA) is 159 Å². The Labute approximate surface area is 303 Å². The Morgan fingerprint density at radius 3 is 2.22 bits per heavy atom. The second kappa shape index (κ2) is 19.5. The van der Waals surface area contributed by atoms with E-state index in [1.807, 2.05) is 100 Å². The van der Waals surface area contributed by atoms with E-state index in [1.165, 1.54) is 11.3 Å². The van der Waals surface area contributed by atoms with Gasteiger partial charge in [0.05, 0.1) is 23.6 Å². The highest BCUT2D eigenvalue weighted by Gasteiger charge is 2.32. The molecule has 1 aromatic heterocycles. The van der Waals surface area contributed by atoms with E-state index in [0.29, 0.717) is 11.4 Å². The number of aliphatic hydroxyl groups excluding tert-OH is 1. The average molecular weight is 716 g/mol. The molecule has 4 rings (SSSR count). The Kier molecular flexibility index (Phi) is 14.9. The number of carbonyl (C=O) groups is 4. The van der Waals surface area contributed by atoms with Gasteiger partial charge in [-0.15, -0.1) is 11.3 Å². The Bertz CT molecular complexity index is 1710. The maximum absolute atomic E-state index is 14.1. The zero-order chi connectivity index (χ0) is 36.8. The summed E-state index contributed by atoms with van der Waals surface area (Å²) in [5.74, 6) is -1.36. The number of rotatable bonds is 18. The number of hydrogen-bond acceptors (Lipinski definition) is 8. The second-order valence-corrected chi connectivity index (χ2v) is 14.2. The van der Waals surface area contributed by atoms with E-state index in [2.05, 4.69) is 26.3 Å². The van der Waals surface area contributed by atoms with Gasteiger partial charge in [0.1, 0.15) is 18.7 Å². The van der Waals surface area contributed by atoms with Crippen LogP contribution in [0, 0.1) is 5.92 Å². The first kappa shape index (κ1) is 39.0. The lowest BCUT2D eigenvalue weighted by molar-refractivity contribution is -0.131. The molecular formula is C39H49N5O6S. The van der Waals surface area contributed by atoms with Gasteiger partial charge in [0, 0.05) is 30.5 Å². The van der Waals surface area contributed by atoms with Crippen molar-refractivity contribution in [2.75, 3.05) is 0 Å². The third-order valence-corrected chi connectivity index (χ3v) is 9.35. The molecule has 0 aliphatic heterocycles. The summed E-state index contributed by atoms with van der Waals surface area (Å²) in [4.78, 5) is 58.1. The van der Waals surface area contributed by atoms with Crippen molar-refractivity contribution in [2.45, 2.75) is 96.7 Å². The number of nitrogens with one attached hydrogen (secondary N) is 4. The SMILES string of the molecule is CCC(C)NC(=O)CC(O)C(CC(C)C)NC(=O)[C@H](Cc1nccs1)NC(=O)[C@H](Cc1cccc2ccccc12)NC(=O)OCc1ccccc1. The maximum atomic E-state index is 14.1. The molecule has 3 unspecified atom stereocenters. The smallest absolute Gasteiger partial charge is 0.408 e. The number of hydrogen-bond donors (Lipinski definition) is 5. The van der Waals surface area contributed by atoms with Crippen LogP contribution in [0.25, 0.3) is 10.8 Å². The highest BCUT2D eigenvalue weighted by Crippen LogP contribution is 2.20. The van der Waals surface area contributed by atoms with Crippen LogP contribution >= 0.6 is 11.3 Å². The molecule has 4 amide bonds. The number of amides is 4. The van der Waals surface area contributed by atoms with Crippen LogP contribution in [0.3, 0.4) is 0 Å². The number of thiazole rings is 1. The molecule has 1 heterocycles. The Balaban J connectivity index is 1.56. The summed E-state index contributed by atoms with van der Waals surface area (Å²) >= 11 is 1.34. The van der Waals surface area contributed by atoms with Gasteiger partial charge < -0.3 is 31.1 Å². The van der Waals surface area contributed by atoms with E-state index in [4.69, 9.17) is 4.74 Å². The first-order chi connectivity index (χ1) is 24.5. The quantitative estimate of drug-likeness (QED) is 0.0964. The van der Waals surface area contributed by atoms with Gasteiger partial charge >= 0.3 is 6.09 Å². The van der Waals surface area contributed by atoms with Gasteiger partial charge in [-0.2, -0.15) is 0 Å². The van der Waals surface area contributed by atoms with Gasteiger partial charge in [-0.1, -0.05) is 93.6 Å². The molecule has 5 N–H and O–H groups in total. The molecule has 5 atom stereocenters. The fourth-order valence-electron chi connectivity index (χ4n) is 5.69. The minimum absolute atomic E-state index is 0.0132. The number of alkyl carbamates (subject to hydrolysis) is 1. The van der Waals surface area contributed by atoms with Crippen molar-refractivity contribution in [2.24, 2.45) is 5.92 Å². The van der Waals surface area contributed by atoms with Gasteiger partial charge in [0.2, 0.25) is 17.7 Å². The van der Waals surface area contributed by atoms with E-state index >= 15 is 0 Å². The first-order valence-electron chi connectivity index (χ1n) is 17.4. The molecule has 0 aliphatic carbocycles. The molecule has 0 saturated carbocycles. The number of aliphatic hydroxyl groups is 1. The van der Waals surface area contributed by atoms with E-state index in [1.54, 1.807) is 11.6 Å². The zero-order valence-electron chi connectivity index (χ0n) is 29.6. The number of ether oxygens (including phenoxy) is 1. The molecule has 11 nitrogen and oxygen atoms in total. The van der Waals surface area contributed by atoms with Crippen molar-refractivity contribution < 1.29 is 29.0 Å². The molecule has 0 radical (unpaired) electrons. The summed E-state index contributed by atoms with van der Waals surface area (Å²) in [6, 6.07) is 19.7. The average Bonchev–Trinajstić information content (AvgIpc) is 3.63. The van der Waals surface area contributed by atoms with E-state index in [9.17, 15) is 24.3 Å². The number of nitrogens with zero attached hydrogens (tertiary/aromatic N) is 1. The predicted molar refractivity (Wildman–Crippen MR) is 199 cm³/mol. The normalized spacial score (nSPS) is 14.2. The molecule has 0 saturated heterocycles. The lowest BCUT2D eigenvalue weighted by Gasteiger charge is -2.29. The van der Waals surface area contributed by atoms with Crippen LogP contribution in [0.5, 0.6) is 0 Å². The van der Waals surface area contributed by atoms with Crippen molar-refractivity contribution >= 4 is 45.9 Å². The molecular weight excluding hydrogens is 667 g/mol. The highest BCUT2D eigenvalue weighted by molar-refractivity contribution is 7.09. The van der Waals surface area contributed by atoms with Gasteiger partial charge in [-0.05, 0) is 47.6 Å². The lowest BCUT2D eigenvalue weighted by Crippen LogP contribution is -2.57. The van der Waals surface area contributed by atoms with Gasteiger partial charge in [-0.25, -0.2) is 9.78 Å². The van der Waals surface area contributed by atoms with E-state index in [-0.39, 0.29) is 43.7 Å². The number of benzene rings is 3. The molecule has 0 bridgehead atoms. The fourth-order valence-corrected chi connectivity index (χ4v) is 6.35. The number of aromatic nitrogens is 1. The Morgan fingerprint density at radius 2 is 1.51 bits per heavy atom. The first-order valence-corrected chi connectivity index (χ1v) is 18.3. The second-order valence-electron chi connectivity index (χ2n) is 13.2. The van der Waals surface area contributed by atoms with Crippen molar-refractivity contribution in [3.63, 3.8) is 0 Å². The van der Waals surface area contributed by atoms with Crippen LogP contribution in [0.1, 0.15) is 63.1 Å². The third-order valence-electron chi connectivity index (χ3n) is 8.55. The predicted octanol–water partition coefficient (Wildman–Crippen LogP) is 5.06. The highest BCUT2D eigenvalue weighted by atomic mass is 32.1. The largest absolute Gasteiger partial charge is 0.445 e. The van der Waals surface area contributed by atoms with Crippen LogP contribution in [-0.2, 0) is 38.6 Å². The molecule has 0 fully saturated rings. The van der Waals surface area contributed by atoms with Crippen molar-refractivity contribution in [1.29, 1.82) is 0 Å². The molecule has 51 heavy (non-hydrogen) atoms. The van der Waals surface area contributed by atoms with Crippen LogP contribution in [0.15, 0.2) is 84.4 Å². The van der Waals surface area contributed by atoms with Crippen LogP contribution in [0.2, 0.25) is 0 Å². The Hall–Kier alpha value is -4.81. The van der Waals surface area contributed by atoms with Crippen molar-refractivity contribution in [3.8, 4) is 0 Å². The molecule has 0 spiro atoms. The maximum Gasteiger partial charge on any atom is 0.408 e. The molecule has 3 aromatic carbocycles. The minimum Gasteiger partial charge on any atom is -0.445 e. The number of carbonyl (C=O) groups excluding carboxylic acids is 4. The molecule has 272 valence electrons. The summed E-state index contributed by atoms with van der Waals surface area (Å²) in [5.41, 5.74) is 1.62. The van der Waals surface area contributed by atoms with Crippen molar-refractivity contribution in [3.05, 3.63) is 101 Å². The summed E-state index contributed by atoms with van der Waals surface area (Å²) in [6.07, 6.45) is 0.840. The molecule has 12 heteroatoms. The Morgan fingerprint density at radius 1 is 0.824 bits per heavy atom. The van der Waals surface area contributed by atoms with Crippen LogP contribution in [-0.4, -0.2) is 64.2 Å². The van der Waals surface area contributed by atoms with Crippen molar-refractivity contribution in [1.82, 2.24) is 26.3 Å². The summed E-state index contributed by atoms with van der Waals surface area (Å²) < 4.78 is 5.47. The molecule has 4 aromatic rings. The van der Waals surface area contributed by atoms with Gasteiger partial charge in [0.25, 0.3) is 0 Å². The lowest BCUT2D eigenvalue weighted by atomic mass is 9.96. The summed E-state index contributed by atoms with van der Waals surface area (Å²) in [6.45, 7) is 7.77. The van der Waals surface area contributed by atoms with Crippen LogP contribution < -0.4 is 21.3 Å². The summed E-state index contributed by atoms with van der Waals surface area (Å²) in [5, 5.41) is 26.8. The standard InChI is InChI=1S/C39H49N5O6S/c1-5-26(4)41-35(46)23-34(45)31(20-25(2)3)42-38(48)33(22-36-40-18-19-51-36)43-37(47)32(44-39(49)50-24-27-12-7-6-8-13-27)21-29-16-11-15-28-14-9-10-17-30(28)29/h6-19,25-26,31-34,45H,5,20-24H2,1-4H3,(H,41,46)(H,42,48)(H,43,47)(H,44,49)/t26?,31?,32-,33-,34?/m0/s1. The fraction of sp³-hybridized carbons (Fsp3) is 0.410. The third kappa shape index (κ3) is 12.5. The van der Waals surface area contributed by atoms with Crippen LogP contribution in [0.4, 0.5) is 4.79 Å². The number of fused-ring (bicyclic) bond motifs is 1. The monoisotopic (exact) mass is 715 g/mol. The minimum atomic E-state index is -1.16.